The number of hydrogen-bond donors (Lipinski definition) is 1. The molecule has 0 aliphatic heterocycles. The van der Waals surface area contributed by atoms with E-state index in [1.54, 1.807) is 19.2 Å². The number of aromatic carboxylic acids is 1. The fourth-order valence-electron chi connectivity index (χ4n) is 2.68. The number of methoxy groups -OCH3 is 1. The third kappa shape index (κ3) is 3.31. The third-order valence-electron chi connectivity index (χ3n) is 4.09. The minimum Gasteiger partial charge on any atom is -0.478 e. The molecule has 0 bridgehead atoms. The second-order valence-corrected chi connectivity index (χ2v) is 5.57. The van der Waals surface area contributed by atoms with E-state index >= 15 is 0 Å². The Morgan fingerprint density at radius 2 is 2.20 bits per heavy atom. The lowest BCUT2D eigenvalue weighted by atomic mass is 10.1. The van der Waals surface area contributed by atoms with Crippen molar-refractivity contribution in [1.29, 1.82) is 0 Å². The minimum atomic E-state index is -0.877. The highest BCUT2D eigenvalue weighted by Gasteiger charge is 2.32. The molecular formula is C16H23NO3. The van der Waals surface area contributed by atoms with Crippen molar-refractivity contribution in [2.75, 3.05) is 25.2 Å². The summed E-state index contributed by atoms with van der Waals surface area (Å²) in [6.45, 7) is 5.73. The van der Waals surface area contributed by atoms with Crippen LogP contribution >= 0.6 is 0 Å². The Kier molecular flexibility index (Phi) is 4.65. The molecule has 0 heterocycles. The van der Waals surface area contributed by atoms with Crippen LogP contribution in [0.5, 0.6) is 0 Å². The van der Waals surface area contributed by atoms with Crippen molar-refractivity contribution >= 4 is 11.7 Å². The van der Waals surface area contributed by atoms with E-state index in [0.717, 1.165) is 23.7 Å². The Morgan fingerprint density at radius 3 is 2.70 bits per heavy atom. The van der Waals surface area contributed by atoms with Gasteiger partial charge in [0.2, 0.25) is 0 Å². The summed E-state index contributed by atoms with van der Waals surface area (Å²) in [4.78, 5) is 13.4. The number of nitrogens with zero attached hydrogens (tertiary/aromatic N) is 1. The molecule has 1 unspecified atom stereocenters. The van der Waals surface area contributed by atoms with Gasteiger partial charge < -0.3 is 14.7 Å². The summed E-state index contributed by atoms with van der Waals surface area (Å²) in [7, 11) is 1.71. The first-order valence-corrected chi connectivity index (χ1v) is 7.14. The molecule has 1 aromatic rings. The molecule has 1 saturated carbocycles. The lowest BCUT2D eigenvalue weighted by Gasteiger charge is -2.32. The number of carboxylic acids is 1. The summed E-state index contributed by atoms with van der Waals surface area (Å²) in [6.07, 6.45) is 2.58. The smallest absolute Gasteiger partial charge is 0.335 e. The zero-order valence-electron chi connectivity index (χ0n) is 12.4. The number of carbonyl (C=O) groups is 1. The summed E-state index contributed by atoms with van der Waals surface area (Å²) in [6, 6.07) is 5.83. The van der Waals surface area contributed by atoms with Crippen LogP contribution in [0.4, 0.5) is 5.69 Å². The number of ether oxygens (including phenoxy) is 1. The molecule has 4 heteroatoms. The monoisotopic (exact) mass is 277 g/mol. The van der Waals surface area contributed by atoms with Gasteiger partial charge in [0.15, 0.2) is 0 Å². The normalized spacial score (nSPS) is 15.9. The molecule has 0 saturated heterocycles. The van der Waals surface area contributed by atoms with Gasteiger partial charge in [0, 0.05) is 25.4 Å². The Bertz CT molecular complexity index is 483. The number of aryl methyl sites for hydroxylation is 1. The highest BCUT2D eigenvalue weighted by molar-refractivity contribution is 5.88. The third-order valence-corrected chi connectivity index (χ3v) is 4.09. The van der Waals surface area contributed by atoms with Crippen LogP contribution in [0.15, 0.2) is 18.2 Å². The van der Waals surface area contributed by atoms with Crippen molar-refractivity contribution in [2.45, 2.75) is 32.7 Å². The van der Waals surface area contributed by atoms with E-state index in [9.17, 15) is 4.79 Å². The van der Waals surface area contributed by atoms with Crippen molar-refractivity contribution in [1.82, 2.24) is 0 Å². The molecule has 0 amide bonds. The van der Waals surface area contributed by atoms with Crippen molar-refractivity contribution in [3.8, 4) is 0 Å². The first kappa shape index (κ1) is 14.9. The van der Waals surface area contributed by atoms with Gasteiger partial charge >= 0.3 is 5.97 Å². The van der Waals surface area contributed by atoms with Gasteiger partial charge in [-0.1, -0.05) is 0 Å². The van der Waals surface area contributed by atoms with Gasteiger partial charge in [-0.2, -0.15) is 0 Å². The summed E-state index contributed by atoms with van der Waals surface area (Å²) in [5, 5.41) is 9.05. The number of hydrogen-bond acceptors (Lipinski definition) is 3. The SMILES string of the molecule is COCCN(c1ccc(C(=O)O)cc1C)C(C)C1CC1. The predicted molar refractivity (Wildman–Crippen MR) is 79.5 cm³/mol. The summed E-state index contributed by atoms with van der Waals surface area (Å²) < 4.78 is 5.21. The van der Waals surface area contributed by atoms with E-state index in [2.05, 4.69) is 11.8 Å². The van der Waals surface area contributed by atoms with Crippen LogP contribution in [0.25, 0.3) is 0 Å². The molecule has 1 aliphatic carbocycles. The molecule has 20 heavy (non-hydrogen) atoms. The predicted octanol–water partition coefficient (Wildman–Crippen LogP) is 2.94. The van der Waals surface area contributed by atoms with E-state index in [-0.39, 0.29) is 0 Å². The van der Waals surface area contributed by atoms with Gasteiger partial charge in [0.1, 0.15) is 0 Å². The van der Waals surface area contributed by atoms with Crippen LogP contribution in [0.2, 0.25) is 0 Å². The maximum Gasteiger partial charge on any atom is 0.335 e. The van der Waals surface area contributed by atoms with Gasteiger partial charge in [-0.05, 0) is 56.4 Å². The molecule has 1 atom stereocenters. The molecule has 2 rings (SSSR count). The van der Waals surface area contributed by atoms with Crippen LogP contribution in [0, 0.1) is 12.8 Å². The first-order chi connectivity index (χ1) is 9.54. The Balaban J connectivity index is 2.25. The molecule has 0 radical (unpaired) electrons. The highest BCUT2D eigenvalue weighted by atomic mass is 16.5. The minimum absolute atomic E-state index is 0.344. The van der Waals surface area contributed by atoms with Crippen LogP contribution in [-0.4, -0.2) is 37.4 Å². The van der Waals surface area contributed by atoms with Gasteiger partial charge in [0.25, 0.3) is 0 Å². The highest BCUT2D eigenvalue weighted by Crippen LogP contribution is 2.37. The lowest BCUT2D eigenvalue weighted by molar-refractivity contribution is 0.0697. The Hall–Kier alpha value is -1.55. The summed E-state index contributed by atoms with van der Waals surface area (Å²) >= 11 is 0. The Morgan fingerprint density at radius 1 is 1.50 bits per heavy atom. The molecule has 110 valence electrons. The molecule has 0 spiro atoms. The van der Waals surface area contributed by atoms with E-state index < -0.39 is 5.97 Å². The van der Waals surface area contributed by atoms with Crippen molar-refractivity contribution in [3.63, 3.8) is 0 Å². The average molecular weight is 277 g/mol. The fourth-order valence-corrected chi connectivity index (χ4v) is 2.68. The zero-order chi connectivity index (χ0) is 14.7. The van der Waals surface area contributed by atoms with E-state index in [0.29, 0.717) is 18.2 Å². The molecule has 1 aromatic carbocycles. The topological polar surface area (TPSA) is 49.8 Å². The molecular weight excluding hydrogens is 254 g/mol. The van der Waals surface area contributed by atoms with E-state index in [1.807, 2.05) is 13.0 Å². The largest absolute Gasteiger partial charge is 0.478 e. The standard InChI is InChI=1S/C16H23NO3/c1-11-10-14(16(18)19)6-7-15(11)17(8-9-20-3)12(2)13-4-5-13/h6-7,10,12-13H,4-5,8-9H2,1-3H3,(H,18,19). The molecule has 1 fully saturated rings. The van der Waals surface area contributed by atoms with Crippen LogP contribution in [-0.2, 0) is 4.74 Å². The Labute approximate surface area is 120 Å². The van der Waals surface area contributed by atoms with Crippen molar-refractivity contribution in [3.05, 3.63) is 29.3 Å². The zero-order valence-corrected chi connectivity index (χ0v) is 12.4. The van der Waals surface area contributed by atoms with Crippen LogP contribution in [0.1, 0.15) is 35.7 Å². The lowest BCUT2D eigenvalue weighted by Crippen LogP contribution is -2.37. The summed E-state index contributed by atoms with van der Waals surface area (Å²) in [5.41, 5.74) is 2.47. The maximum absolute atomic E-state index is 11.0. The number of benzene rings is 1. The molecule has 4 nitrogen and oxygen atoms in total. The van der Waals surface area contributed by atoms with Gasteiger partial charge in [0.05, 0.1) is 12.2 Å². The first-order valence-electron chi connectivity index (χ1n) is 7.14. The number of carboxylic acid groups (broad SMARTS) is 1. The van der Waals surface area contributed by atoms with E-state index in [4.69, 9.17) is 9.84 Å². The quantitative estimate of drug-likeness (QED) is 0.832. The average Bonchev–Trinajstić information content (AvgIpc) is 3.24. The molecule has 0 aromatic heterocycles. The van der Waals surface area contributed by atoms with Crippen LogP contribution < -0.4 is 4.90 Å². The van der Waals surface area contributed by atoms with Gasteiger partial charge in [-0.3, -0.25) is 0 Å². The number of rotatable bonds is 7. The summed E-state index contributed by atoms with van der Waals surface area (Å²) in [5.74, 6) is -0.122. The van der Waals surface area contributed by atoms with Crippen LogP contribution in [0.3, 0.4) is 0 Å². The fraction of sp³-hybridized carbons (Fsp3) is 0.562. The maximum atomic E-state index is 11.0. The second-order valence-electron chi connectivity index (χ2n) is 5.57. The number of anilines is 1. The molecule has 1 N–H and O–H groups in total. The van der Waals surface area contributed by atoms with Crippen molar-refractivity contribution in [2.24, 2.45) is 5.92 Å². The van der Waals surface area contributed by atoms with Crippen molar-refractivity contribution < 1.29 is 14.6 Å². The second kappa shape index (κ2) is 6.27. The van der Waals surface area contributed by atoms with Gasteiger partial charge in [-0.15, -0.1) is 0 Å². The van der Waals surface area contributed by atoms with Gasteiger partial charge in [-0.25, -0.2) is 4.79 Å². The molecule has 1 aliphatic rings. The van der Waals surface area contributed by atoms with E-state index in [1.165, 1.54) is 12.8 Å².